The Balaban J connectivity index is 1.59. The Labute approximate surface area is 95.7 Å². The highest BCUT2D eigenvalue weighted by Gasteiger charge is 2.22. The highest BCUT2D eigenvalue weighted by molar-refractivity contribution is 8.00. The van der Waals surface area contributed by atoms with Gasteiger partial charge in [-0.15, -0.1) is 0 Å². The average molecular weight is 225 g/mol. The maximum Gasteiger partial charge on any atom is 0.0945 e. The summed E-state index contributed by atoms with van der Waals surface area (Å²) in [7, 11) is 0. The molecule has 0 amide bonds. The topological polar surface area (TPSA) is 29.9 Å². The van der Waals surface area contributed by atoms with Gasteiger partial charge in [-0.25, -0.2) is 4.98 Å². The Bertz CT molecular complexity index is 273. The van der Waals surface area contributed by atoms with Gasteiger partial charge in [0.05, 0.1) is 6.33 Å². The van der Waals surface area contributed by atoms with Crippen LogP contribution in [0.5, 0.6) is 0 Å². The van der Waals surface area contributed by atoms with E-state index in [0.717, 1.165) is 24.4 Å². The van der Waals surface area contributed by atoms with Crippen molar-refractivity contribution in [3.05, 3.63) is 18.7 Å². The van der Waals surface area contributed by atoms with Crippen molar-refractivity contribution in [3.63, 3.8) is 0 Å². The van der Waals surface area contributed by atoms with Crippen molar-refractivity contribution in [1.82, 2.24) is 14.9 Å². The van der Waals surface area contributed by atoms with Crippen LogP contribution in [0.3, 0.4) is 0 Å². The zero-order valence-corrected chi connectivity index (χ0v) is 10.0. The van der Waals surface area contributed by atoms with E-state index in [1.807, 2.05) is 18.7 Å². The molecule has 2 unspecified atom stereocenters. The smallest absolute Gasteiger partial charge is 0.0945 e. The molecule has 1 aromatic heterocycles. The van der Waals surface area contributed by atoms with Gasteiger partial charge in [-0.1, -0.05) is 6.92 Å². The Morgan fingerprint density at radius 1 is 1.60 bits per heavy atom. The standard InChI is InChI=1S/C11H19N3S/c1-10-11(3-8-15-10)13-4-2-6-14-7-5-12-9-14/h5,7,9-11,13H,2-4,6,8H2,1H3. The lowest BCUT2D eigenvalue weighted by Gasteiger charge is -2.16. The number of imidazole rings is 1. The van der Waals surface area contributed by atoms with Crippen molar-refractivity contribution in [2.24, 2.45) is 0 Å². The summed E-state index contributed by atoms with van der Waals surface area (Å²) >= 11 is 2.08. The Morgan fingerprint density at radius 2 is 2.53 bits per heavy atom. The van der Waals surface area contributed by atoms with Crippen molar-refractivity contribution in [3.8, 4) is 0 Å². The highest BCUT2D eigenvalue weighted by atomic mass is 32.2. The molecule has 1 aromatic rings. The summed E-state index contributed by atoms with van der Waals surface area (Å²) in [6, 6.07) is 0.734. The lowest BCUT2D eigenvalue weighted by molar-refractivity contribution is 0.487. The molecule has 1 fully saturated rings. The zero-order chi connectivity index (χ0) is 10.5. The maximum absolute atomic E-state index is 4.03. The highest BCUT2D eigenvalue weighted by Crippen LogP contribution is 2.25. The molecular weight excluding hydrogens is 206 g/mol. The van der Waals surface area contributed by atoms with Crippen molar-refractivity contribution < 1.29 is 0 Å². The average Bonchev–Trinajstić information content (AvgIpc) is 2.85. The van der Waals surface area contributed by atoms with Crippen molar-refractivity contribution in [1.29, 1.82) is 0 Å². The van der Waals surface area contributed by atoms with Crippen LogP contribution in [0, 0.1) is 0 Å². The summed E-state index contributed by atoms with van der Waals surface area (Å²) in [6.07, 6.45) is 8.26. The second-order valence-corrected chi connectivity index (χ2v) is 5.56. The van der Waals surface area contributed by atoms with E-state index in [9.17, 15) is 0 Å². The number of hydrogen-bond donors (Lipinski definition) is 1. The van der Waals surface area contributed by atoms with Gasteiger partial charge in [-0.05, 0) is 25.1 Å². The second-order valence-electron chi connectivity index (χ2n) is 4.08. The van der Waals surface area contributed by atoms with Crippen LogP contribution in [0.4, 0.5) is 0 Å². The molecule has 0 radical (unpaired) electrons. The lowest BCUT2D eigenvalue weighted by atomic mass is 10.2. The van der Waals surface area contributed by atoms with Gasteiger partial charge >= 0.3 is 0 Å². The zero-order valence-electron chi connectivity index (χ0n) is 9.22. The molecule has 1 N–H and O–H groups in total. The fourth-order valence-electron chi connectivity index (χ4n) is 1.97. The van der Waals surface area contributed by atoms with Gasteiger partial charge in [0.25, 0.3) is 0 Å². The summed E-state index contributed by atoms with van der Waals surface area (Å²) in [5.74, 6) is 1.32. The minimum Gasteiger partial charge on any atom is -0.337 e. The molecule has 2 rings (SSSR count). The van der Waals surface area contributed by atoms with Gasteiger partial charge < -0.3 is 9.88 Å². The van der Waals surface area contributed by atoms with E-state index in [-0.39, 0.29) is 0 Å². The van der Waals surface area contributed by atoms with Crippen LogP contribution in [0.25, 0.3) is 0 Å². The normalized spacial score (nSPS) is 25.9. The third kappa shape index (κ3) is 3.24. The first kappa shape index (κ1) is 11.0. The Kier molecular flexibility index (Phi) is 4.09. The molecule has 84 valence electrons. The SMILES string of the molecule is CC1SCCC1NCCCn1ccnc1. The lowest BCUT2D eigenvalue weighted by Crippen LogP contribution is -2.34. The molecule has 2 atom stereocenters. The number of hydrogen-bond acceptors (Lipinski definition) is 3. The number of thioether (sulfide) groups is 1. The molecule has 15 heavy (non-hydrogen) atoms. The summed E-state index contributed by atoms with van der Waals surface area (Å²) in [5, 5.41) is 4.43. The number of nitrogens with zero attached hydrogens (tertiary/aromatic N) is 2. The van der Waals surface area contributed by atoms with E-state index < -0.39 is 0 Å². The van der Waals surface area contributed by atoms with E-state index in [1.54, 1.807) is 0 Å². The fourth-order valence-corrected chi connectivity index (χ4v) is 3.19. The number of aryl methyl sites for hydroxylation is 1. The number of aromatic nitrogens is 2. The van der Waals surface area contributed by atoms with Crippen molar-refractivity contribution in [2.75, 3.05) is 12.3 Å². The largest absolute Gasteiger partial charge is 0.337 e. The Hall–Kier alpha value is -0.480. The first-order valence-electron chi connectivity index (χ1n) is 5.67. The first-order chi connectivity index (χ1) is 7.36. The van der Waals surface area contributed by atoms with Crippen LogP contribution in [-0.2, 0) is 6.54 Å². The molecule has 0 bridgehead atoms. The van der Waals surface area contributed by atoms with E-state index in [2.05, 4.69) is 33.6 Å². The molecule has 1 saturated heterocycles. The van der Waals surface area contributed by atoms with Gasteiger partial charge in [-0.3, -0.25) is 0 Å². The summed E-state index contributed by atoms with van der Waals surface area (Å²) in [6.45, 7) is 4.51. The molecule has 0 saturated carbocycles. The molecule has 4 heteroatoms. The first-order valence-corrected chi connectivity index (χ1v) is 6.72. The third-order valence-electron chi connectivity index (χ3n) is 2.94. The molecule has 1 aliphatic heterocycles. The summed E-state index contributed by atoms with van der Waals surface area (Å²) in [4.78, 5) is 4.03. The van der Waals surface area contributed by atoms with Crippen LogP contribution in [-0.4, -0.2) is 33.1 Å². The maximum atomic E-state index is 4.03. The van der Waals surface area contributed by atoms with E-state index in [1.165, 1.54) is 18.6 Å². The molecular formula is C11H19N3S. The van der Waals surface area contributed by atoms with Crippen LogP contribution in [0.1, 0.15) is 19.8 Å². The van der Waals surface area contributed by atoms with E-state index in [0.29, 0.717) is 0 Å². The summed E-state index contributed by atoms with van der Waals surface area (Å²) in [5.41, 5.74) is 0. The van der Waals surface area contributed by atoms with Crippen molar-refractivity contribution in [2.45, 2.75) is 37.6 Å². The number of rotatable bonds is 5. The molecule has 0 spiro atoms. The molecule has 2 heterocycles. The van der Waals surface area contributed by atoms with Gasteiger partial charge in [0.15, 0.2) is 0 Å². The third-order valence-corrected chi connectivity index (χ3v) is 4.26. The Morgan fingerprint density at radius 3 is 3.20 bits per heavy atom. The molecule has 3 nitrogen and oxygen atoms in total. The minimum absolute atomic E-state index is 0.734. The summed E-state index contributed by atoms with van der Waals surface area (Å²) < 4.78 is 2.13. The second kappa shape index (κ2) is 5.56. The van der Waals surface area contributed by atoms with Crippen LogP contribution >= 0.6 is 11.8 Å². The minimum atomic E-state index is 0.734. The van der Waals surface area contributed by atoms with Crippen molar-refractivity contribution >= 4 is 11.8 Å². The van der Waals surface area contributed by atoms with E-state index in [4.69, 9.17) is 0 Å². The van der Waals surface area contributed by atoms with Gasteiger partial charge in [-0.2, -0.15) is 11.8 Å². The number of nitrogens with one attached hydrogen (secondary N) is 1. The van der Waals surface area contributed by atoms with Gasteiger partial charge in [0, 0.05) is 30.2 Å². The molecule has 0 aliphatic carbocycles. The molecule has 1 aliphatic rings. The molecule has 0 aromatic carbocycles. The predicted molar refractivity (Wildman–Crippen MR) is 65.2 cm³/mol. The van der Waals surface area contributed by atoms with Crippen LogP contribution in [0.2, 0.25) is 0 Å². The monoisotopic (exact) mass is 225 g/mol. The van der Waals surface area contributed by atoms with Gasteiger partial charge in [0.2, 0.25) is 0 Å². The fraction of sp³-hybridized carbons (Fsp3) is 0.727. The van der Waals surface area contributed by atoms with Crippen LogP contribution < -0.4 is 5.32 Å². The quantitative estimate of drug-likeness (QED) is 0.774. The van der Waals surface area contributed by atoms with Crippen LogP contribution in [0.15, 0.2) is 18.7 Å². The predicted octanol–water partition coefficient (Wildman–Crippen LogP) is 1.76. The van der Waals surface area contributed by atoms with Gasteiger partial charge in [0.1, 0.15) is 0 Å². The van der Waals surface area contributed by atoms with E-state index >= 15 is 0 Å².